The average Bonchev–Trinajstić information content (AvgIpc) is 3.00. The van der Waals surface area contributed by atoms with E-state index in [1.54, 1.807) is 25.1 Å². The van der Waals surface area contributed by atoms with Crippen molar-refractivity contribution in [2.24, 2.45) is 5.73 Å². The lowest BCUT2D eigenvalue weighted by molar-refractivity contribution is -0.139. The van der Waals surface area contributed by atoms with Crippen LogP contribution in [0.15, 0.2) is 18.2 Å². The summed E-state index contributed by atoms with van der Waals surface area (Å²) in [6.07, 6.45) is -0.461. The van der Waals surface area contributed by atoms with Gasteiger partial charge < -0.3 is 25.6 Å². The number of ether oxygens (including phenoxy) is 2. The van der Waals surface area contributed by atoms with Crippen LogP contribution >= 0.6 is 0 Å². The molecule has 1 amide bonds. The first-order chi connectivity index (χ1) is 11.4. The van der Waals surface area contributed by atoms with Crippen LogP contribution < -0.4 is 25.8 Å². The molecule has 2 rings (SSSR count). The van der Waals surface area contributed by atoms with Gasteiger partial charge in [-0.2, -0.15) is 0 Å². The number of hydrogen-bond donors (Lipinski definition) is 4. The van der Waals surface area contributed by atoms with Crippen LogP contribution in [0.3, 0.4) is 0 Å². The van der Waals surface area contributed by atoms with Gasteiger partial charge >= 0.3 is 5.97 Å². The summed E-state index contributed by atoms with van der Waals surface area (Å²) in [5.41, 5.74) is 5.88. The van der Waals surface area contributed by atoms with E-state index in [1.165, 1.54) is 0 Å². The maximum Gasteiger partial charge on any atom is 0.305 e. The quantitative estimate of drug-likeness (QED) is 0.366. The van der Waals surface area contributed by atoms with E-state index in [1.807, 2.05) is 0 Å². The summed E-state index contributed by atoms with van der Waals surface area (Å²) in [5.74, 6) is -0.838. The van der Waals surface area contributed by atoms with Crippen molar-refractivity contribution in [3.8, 4) is 11.5 Å². The number of nitrogens with one attached hydrogen (secondary N) is 2. The van der Waals surface area contributed by atoms with E-state index in [2.05, 4.69) is 10.6 Å². The summed E-state index contributed by atoms with van der Waals surface area (Å²) in [7, 11) is 0. The molecule has 0 aliphatic carbocycles. The standard InChI is InChI=1S/C15H19N3O6/c1-8(17-6-18-15(22)10(16)5-13(19)20)14(21)9-2-3-11-12(4-9)24-7-23-11/h2-4,8,10,17H,5-7,16H2,1H3,(H,18,22)(H,19,20). The highest BCUT2D eigenvalue weighted by atomic mass is 16.7. The molecule has 1 aromatic rings. The lowest BCUT2D eigenvalue weighted by atomic mass is 10.1. The summed E-state index contributed by atoms with van der Waals surface area (Å²) in [5, 5.41) is 13.8. The van der Waals surface area contributed by atoms with Crippen LogP contribution in [0.5, 0.6) is 11.5 Å². The molecule has 0 aromatic heterocycles. The van der Waals surface area contributed by atoms with Crippen LogP contribution in [-0.2, 0) is 9.59 Å². The number of benzene rings is 1. The van der Waals surface area contributed by atoms with Gasteiger partial charge in [-0.1, -0.05) is 0 Å². The number of nitrogens with two attached hydrogens (primary N) is 1. The minimum Gasteiger partial charge on any atom is -0.481 e. The SMILES string of the molecule is CC(NCNC(=O)C(N)CC(=O)O)C(=O)c1ccc2c(c1)OCO2. The number of carbonyl (C=O) groups excluding carboxylic acids is 2. The lowest BCUT2D eigenvalue weighted by Gasteiger charge is -2.15. The van der Waals surface area contributed by atoms with Crippen molar-refractivity contribution in [1.82, 2.24) is 10.6 Å². The van der Waals surface area contributed by atoms with Gasteiger partial charge in [0.2, 0.25) is 12.7 Å². The number of hydrogen-bond acceptors (Lipinski definition) is 7. The summed E-state index contributed by atoms with van der Waals surface area (Å²) >= 11 is 0. The number of rotatable bonds is 8. The molecule has 0 bridgehead atoms. The van der Waals surface area contributed by atoms with Crippen LogP contribution in [0.25, 0.3) is 0 Å². The molecule has 130 valence electrons. The molecule has 0 saturated carbocycles. The second-order valence-electron chi connectivity index (χ2n) is 5.28. The molecule has 0 fully saturated rings. The second kappa shape index (κ2) is 7.75. The third-order valence-corrected chi connectivity index (χ3v) is 3.45. The van der Waals surface area contributed by atoms with Gasteiger partial charge in [-0.05, 0) is 25.1 Å². The Morgan fingerprint density at radius 3 is 2.71 bits per heavy atom. The lowest BCUT2D eigenvalue weighted by Crippen LogP contribution is -2.48. The second-order valence-corrected chi connectivity index (χ2v) is 5.28. The Balaban J connectivity index is 1.82. The first kappa shape index (κ1) is 17.7. The van der Waals surface area contributed by atoms with E-state index in [9.17, 15) is 14.4 Å². The van der Waals surface area contributed by atoms with Crippen LogP contribution in [0.1, 0.15) is 23.7 Å². The highest BCUT2D eigenvalue weighted by Gasteiger charge is 2.20. The maximum absolute atomic E-state index is 12.3. The predicted molar refractivity (Wildman–Crippen MR) is 82.7 cm³/mol. The molecule has 0 radical (unpaired) electrons. The van der Waals surface area contributed by atoms with Crippen LogP contribution in [0.4, 0.5) is 0 Å². The van der Waals surface area contributed by atoms with Gasteiger partial charge in [0.25, 0.3) is 0 Å². The van der Waals surface area contributed by atoms with Crippen LogP contribution in [0, 0.1) is 0 Å². The number of aliphatic carboxylic acids is 1. The van der Waals surface area contributed by atoms with E-state index in [0.717, 1.165) is 0 Å². The molecule has 2 unspecified atom stereocenters. The smallest absolute Gasteiger partial charge is 0.305 e. The molecule has 24 heavy (non-hydrogen) atoms. The first-order valence-corrected chi connectivity index (χ1v) is 7.31. The van der Waals surface area contributed by atoms with E-state index in [0.29, 0.717) is 17.1 Å². The number of carboxylic acid groups (broad SMARTS) is 1. The minimum absolute atomic E-state index is 0.0103. The Hall–Kier alpha value is -2.65. The minimum atomic E-state index is -1.16. The Bertz CT molecular complexity index is 648. The predicted octanol–water partition coefficient (Wildman–Crippen LogP) is -0.548. The number of fused-ring (bicyclic) bond motifs is 1. The number of ketones is 1. The van der Waals surface area contributed by atoms with Gasteiger partial charge in [-0.3, -0.25) is 19.7 Å². The largest absolute Gasteiger partial charge is 0.481 e. The van der Waals surface area contributed by atoms with Gasteiger partial charge in [0.05, 0.1) is 25.2 Å². The third-order valence-electron chi connectivity index (χ3n) is 3.45. The van der Waals surface area contributed by atoms with Gasteiger partial charge in [0.1, 0.15) is 0 Å². The monoisotopic (exact) mass is 337 g/mol. The van der Waals surface area contributed by atoms with Crippen molar-refractivity contribution >= 4 is 17.7 Å². The fourth-order valence-corrected chi connectivity index (χ4v) is 2.10. The zero-order chi connectivity index (χ0) is 17.7. The van der Waals surface area contributed by atoms with Gasteiger partial charge in [-0.15, -0.1) is 0 Å². The summed E-state index contributed by atoms with van der Waals surface area (Å²) < 4.78 is 10.4. The molecule has 0 saturated heterocycles. The molecule has 1 aromatic carbocycles. The van der Waals surface area contributed by atoms with Crippen LogP contribution in [0.2, 0.25) is 0 Å². The number of amides is 1. The molecule has 5 N–H and O–H groups in total. The zero-order valence-corrected chi connectivity index (χ0v) is 13.1. The molecule has 1 aliphatic heterocycles. The average molecular weight is 337 g/mol. The summed E-state index contributed by atoms with van der Waals surface area (Å²) in [6.45, 7) is 1.77. The summed E-state index contributed by atoms with van der Waals surface area (Å²) in [4.78, 5) is 34.4. The topological polar surface area (TPSA) is 140 Å². The third kappa shape index (κ3) is 4.43. The number of carboxylic acids is 1. The number of Topliss-reactive ketones (excluding diaryl/α,β-unsaturated/α-hetero) is 1. The van der Waals surface area contributed by atoms with Crippen molar-refractivity contribution in [2.45, 2.75) is 25.4 Å². The molecule has 2 atom stereocenters. The highest BCUT2D eigenvalue weighted by molar-refractivity contribution is 6.00. The van der Waals surface area contributed by atoms with Crippen molar-refractivity contribution in [3.63, 3.8) is 0 Å². The van der Waals surface area contributed by atoms with E-state index in [4.69, 9.17) is 20.3 Å². The van der Waals surface area contributed by atoms with Crippen molar-refractivity contribution < 1.29 is 29.0 Å². The van der Waals surface area contributed by atoms with Crippen molar-refractivity contribution in [2.75, 3.05) is 13.5 Å². The van der Waals surface area contributed by atoms with Gasteiger partial charge in [0, 0.05) is 5.56 Å². The maximum atomic E-state index is 12.3. The fraction of sp³-hybridized carbons (Fsp3) is 0.400. The number of carbonyl (C=O) groups is 3. The fourth-order valence-electron chi connectivity index (χ4n) is 2.10. The molecular formula is C15H19N3O6. The highest BCUT2D eigenvalue weighted by Crippen LogP contribution is 2.32. The van der Waals surface area contributed by atoms with Crippen LogP contribution in [-0.4, -0.2) is 48.3 Å². The Morgan fingerprint density at radius 1 is 1.29 bits per heavy atom. The van der Waals surface area contributed by atoms with Gasteiger partial charge in [0.15, 0.2) is 17.3 Å². The van der Waals surface area contributed by atoms with Crippen molar-refractivity contribution in [3.05, 3.63) is 23.8 Å². The molecule has 9 heteroatoms. The first-order valence-electron chi connectivity index (χ1n) is 7.31. The summed E-state index contributed by atoms with van der Waals surface area (Å²) in [6, 6.07) is 3.19. The van der Waals surface area contributed by atoms with E-state index >= 15 is 0 Å². The Morgan fingerprint density at radius 2 is 2.00 bits per heavy atom. The van der Waals surface area contributed by atoms with Gasteiger partial charge in [-0.25, -0.2) is 0 Å². The Labute approximate surface area is 138 Å². The molecule has 0 spiro atoms. The zero-order valence-electron chi connectivity index (χ0n) is 13.1. The molecule has 1 aliphatic rings. The normalized spacial score (nSPS) is 14.8. The Kier molecular flexibility index (Phi) is 5.72. The van der Waals surface area contributed by atoms with E-state index in [-0.39, 0.29) is 19.2 Å². The van der Waals surface area contributed by atoms with E-state index < -0.39 is 30.4 Å². The van der Waals surface area contributed by atoms with Crippen molar-refractivity contribution in [1.29, 1.82) is 0 Å². The molecule has 9 nitrogen and oxygen atoms in total. The molecule has 1 heterocycles. The molecular weight excluding hydrogens is 318 g/mol.